The van der Waals surface area contributed by atoms with Crippen LogP contribution in [0.5, 0.6) is 0 Å². The summed E-state index contributed by atoms with van der Waals surface area (Å²) < 4.78 is 0. The second-order valence-electron chi connectivity index (χ2n) is 7.01. The van der Waals surface area contributed by atoms with Crippen LogP contribution in [-0.4, -0.2) is 26.2 Å². The molecule has 0 aromatic heterocycles. The van der Waals surface area contributed by atoms with Crippen LogP contribution in [0.15, 0.2) is 42.5 Å². The molecule has 128 valence electrons. The molecule has 1 N–H and O–H groups in total. The van der Waals surface area contributed by atoms with E-state index in [-0.39, 0.29) is 24.8 Å². The van der Waals surface area contributed by atoms with Gasteiger partial charge in [0, 0.05) is 37.8 Å². The molecule has 0 amide bonds. The Morgan fingerprint density at radius 3 is 2.62 bits per heavy atom. The summed E-state index contributed by atoms with van der Waals surface area (Å²) in [7, 11) is 0. The first-order valence-electron chi connectivity index (χ1n) is 8.58. The number of nitrogens with zero attached hydrogens (tertiary/aromatic N) is 1. The third kappa shape index (κ3) is 2.71. The highest BCUT2D eigenvalue weighted by Crippen LogP contribution is 2.46. The van der Waals surface area contributed by atoms with Crippen molar-refractivity contribution in [2.75, 3.05) is 31.1 Å². The van der Waals surface area contributed by atoms with E-state index >= 15 is 0 Å². The van der Waals surface area contributed by atoms with Gasteiger partial charge in [-0.05, 0) is 53.1 Å². The van der Waals surface area contributed by atoms with Gasteiger partial charge < -0.3 is 10.2 Å². The lowest BCUT2D eigenvalue weighted by Crippen LogP contribution is -2.40. The number of halogens is 2. The summed E-state index contributed by atoms with van der Waals surface area (Å²) in [5.41, 5.74) is 7.52. The van der Waals surface area contributed by atoms with Crippen LogP contribution in [0.4, 0.5) is 5.69 Å². The Bertz CT molecular complexity index is 717. The monoisotopic (exact) mass is 362 g/mol. The van der Waals surface area contributed by atoms with Crippen molar-refractivity contribution in [3.05, 3.63) is 53.6 Å². The van der Waals surface area contributed by atoms with Gasteiger partial charge in [0.2, 0.25) is 0 Å². The lowest BCUT2D eigenvalue weighted by Gasteiger charge is -2.42. The molecule has 0 spiro atoms. The first-order chi connectivity index (χ1) is 10.9. The van der Waals surface area contributed by atoms with Gasteiger partial charge in [0.15, 0.2) is 0 Å². The van der Waals surface area contributed by atoms with Crippen LogP contribution < -0.4 is 10.2 Å². The van der Waals surface area contributed by atoms with E-state index in [9.17, 15) is 0 Å². The zero-order chi connectivity index (χ0) is 14.5. The molecule has 3 aliphatic rings. The zero-order valence-corrected chi connectivity index (χ0v) is 15.3. The van der Waals surface area contributed by atoms with Crippen molar-refractivity contribution in [1.29, 1.82) is 0 Å². The number of hydrogen-bond donors (Lipinski definition) is 1. The van der Waals surface area contributed by atoms with E-state index in [1.165, 1.54) is 43.6 Å². The molecule has 1 saturated heterocycles. The van der Waals surface area contributed by atoms with Crippen LogP contribution in [0.1, 0.15) is 23.5 Å². The van der Waals surface area contributed by atoms with Gasteiger partial charge in [-0.25, -0.2) is 0 Å². The standard InChI is InChI=1S/C20H22N2.2ClH/c1-2-5-14(6-3-1)16-9-15-7-4-8-22-13-17-11-21-12-19(17)18(10-16)20(15)22;;/h1-3,5-6,9-10,17,19,21H,4,7-8,11-13H2;2*1H/t17-,19-;;/m0../s1. The molecule has 0 bridgehead atoms. The Hall–Kier alpha value is -1.22. The molecule has 3 heterocycles. The van der Waals surface area contributed by atoms with Crippen molar-refractivity contribution in [1.82, 2.24) is 5.32 Å². The number of aryl methyl sites for hydroxylation is 1. The molecule has 1 fully saturated rings. The predicted molar refractivity (Wildman–Crippen MR) is 106 cm³/mol. The lowest BCUT2D eigenvalue weighted by atomic mass is 9.79. The van der Waals surface area contributed by atoms with Crippen molar-refractivity contribution in [3.8, 4) is 11.1 Å². The third-order valence-electron chi connectivity index (χ3n) is 5.71. The van der Waals surface area contributed by atoms with Gasteiger partial charge in [-0.1, -0.05) is 30.3 Å². The van der Waals surface area contributed by atoms with Crippen LogP contribution in [0.3, 0.4) is 0 Å². The molecule has 0 saturated carbocycles. The normalized spacial score (nSPS) is 23.6. The van der Waals surface area contributed by atoms with Crippen LogP contribution >= 0.6 is 24.8 Å². The number of anilines is 1. The fourth-order valence-corrected chi connectivity index (χ4v) is 4.70. The van der Waals surface area contributed by atoms with E-state index in [2.05, 4.69) is 52.7 Å². The van der Waals surface area contributed by atoms with Gasteiger partial charge >= 0.3 is 0 Å². The summed E-state index contributed by atoms with van der Waals surface area (Å²) in [4.78, 5) is 2.66. The maximum absolute atomic E-state index is 3.62. The van der Waals surface area contributed by atoms with Crippen molar-refractivity contribution in [2.24, 2.45) is 5.92 Å². The van der Waals surface area contributed by atoms with E-state index < -0.39 is 0 Å². The molecular formula is C20H24Cl2N2. The minimum Gasteiger partial charge on any atom is -0.371 e. The SMILES string of the molecule is Cl.Cl.c1ccc(-c2cc3c4c(c2)[C@H]2CNC[C@H]2CN4CCC3)cc1. The third-order valence-corrected chi connectivity index (χ3v) is 5.71. The average molecular weight is 363 g/mol. The molecule has 0 radical (unpaired) electrons. The van der Waals surface area contributed by atoms with Gasteiger partial charge in [-0.3, -0.25) is 0 Å². The minimum absolute atomic E-state index is 0. The van der Waals surface area contributed by atoms with Crippen LogP contribution in [-0.2, 0) is 6.42 Å². The number of fused-ring (bicyclic) bond motifs is 2. The van der Waals surface area contributed by atoms with E-state index in [4.69, 9.17) is 0 Å². The van der Waals surface area contributed by atoms with Crippen molar-refractivity contribution >= 4 is 30.5 Å². The zero-order valence-electron chi connectivity index (χ0n) is 13.7. The van der Waals surface area contributed by atoms with E-state index in [0.29, 0.717) is 5.92 Å². The molecule has 5 rings (SSSR count). The van der Waals surface area contributed by atoms with Gasteiger partial charge in [0.1, 0.15) is 0 Å². The fourth-order valence-electron chi connectivity index (χ4n) is 4.70. The number of rotatable bonds is 1. The quantitative estimate of drug-likeness (QED) is 0.814. The van der Waals surface area contributed by atoms with Crippen LogP contribution in [0.2, 0.25) is 0 Å². The summed E-state index contributed by atoms with van der Waals surface area (Å²) in [5, 5.41) is 3.62. The van der Waals surface area contributed by atoms with Gasteiger partial charge in [-0.2, -0.15) is 0 Å². The number of hydrogen-bond acceptors (Lipinski definition) is 2. The van der Waals surface area contributed by atoms with Crippen LogP contribution in [0, 0.1) is 5.92 Å². The average Bonchev–Trinajstić information content (AvgIpc) is 3.04. The Morgan fingerprint density at radius 1 is 0.958 bits per heavy atom. The predicted octanol–water partition coefficient (Wildman–Crippen LogP) is 4.27. The Balaban J connectivity index is 0.000000845. The second kappa shape index (κ2) is 6.95. The Morgan fingerprint density at radius 2 is 1.79 bits per heavy atom. The van der Waals surface area contributed by atoms with E-state index in [1.807, 2.05) is 0 Å². The molecule has 24 heavy (non-hydrogen) atoms. The largest absolute Gasteiger partial charge is 0.371 e. The lowest BCUT2D eigenvalue weighted by molar-refractivity contribution is 0.470. The molecule has 3 aliphatic heterocycles. The molecule has 0 unspecified atom stereocenters. The first-order valence-corrected chi connectivity index (χ1v) is 8.58. The highest BCUT2D eigenvalue weighted by atomic mass is 35.5. The molecule has 2 atom stereocenters. The summed E-state index contributed by atoms with van der Waals surface area (Å²) in [5.74, 6) is 1.51. The Labute approximate surface area is 156 Å². The summed E-state index contributed by atoms with van der Waals surface area (Å²) in [6.45, 7) is 4.84. The maximum Gasteiger partial charge on any atom is 0.0435 e. The molecule has 2 aromatic carbocycles. The van der Waals surface area contributed by atoms with Crippen LogP contribution in [0.25, 0.3) is 11.1 Å². The minimum atomic E-state index is 0. The molecule has 2 nitrogen and oxygen atoms in total. The number of nitrogens with one attached hydrogen (secondary N) is 1. The highest BCUT2D eigenvalue weighted by Gasteiger charge is 2.38. The fraction of sp³-hybridized carbons (Fsp3) is 0.400. The highest BCUT2D eigenvalue weighted by molar-refractivity contribution is 5.85. The number of benzene rings is 2. The Kier molecular flexibility index (Phi) is 5.10. The topological polar surface area (TPSA) is 15.3 Å². The molecule has 0 aliphatic carbocycles. The second-order valence-corrected chi connectivity index (χ2v) is 7.01. The maximum atomic E-state index is 3.62. The van der Waals surface area contributed by atoms with Gasteiger partial charge in [0.05, 0.1) is 0 Å². The van der Waals surface area contributed by atoms with E-state index in [1.54, 1.807) is 16.8 Å². The molecule has 2 aromatic rings. The van der Waals surface area contributed by atoms with E-state index in [0.717, 1.165) is 12.5 Å². The van der Waals surface area contributed by atoms with Gasteiger partial charge in [-0.15, -0.1) is 24.8 Å². The molecular weight excluding hydrogens is 339 g/mol. The van der Waals surface area contributed by atoms with Gasteiger partial charge in [0.25, 0.3) is 0 Å². The first kappa shape index (κ1) is 17.6. The smallest absolute Gasteiger partial charge is 0.0435 e. The van der Waals surface area contributed by atoms with Crippen molar-refractivity contribution in [2.45, 2.75) is 18.8 Å². The summed E-state index contributed by atoms with van der Waals surface area (Å²) >= 11 is 0. The molecule has 4 heteroatoms. The van der Waals surface area contributed by atoms with Crippen molar-refractivity contribution in [3.63, 3.8) is 0 Å². The summed E-state index contributed by atoms with van der Waals surface area (Å²) in [6.07, 6.45) is 2.54. The summed E-state index contributed by atoms with van der Waals surface area (Å²) in [6, 6.07) is 15.8. The van der Waals surface area contributed by atoms with Crippen molar-refractivity contribution < 1.29 is 0 Å².